The zero-order valence-corrected chi connectivity index (χ0v) is 10.1. The van der Waals surface area contributed by atoms with E-state index in [4.69, 9.17) is 4.52 Å². The lowest BCUT2D eigenvalue weighted by molar-refractivity contribution is 0.202. The molecule has 1 N–H and O–H groups in total. The van der Waals surface area contributed by atoms with Gasteiger partial charge in [-0.3, -0.25) is 0 Å². The number of carbonyl (C=O) groups is 1. The molecule has 2 heterocycles. The van der Waals surface area contributed by atoms with Gasteiger partial charge in [0.05, 0.1) is 18.4 Å². The fraction of sp³-hybridized carbons (Fsp3) is 0.231. The van der Waals surface area contributed by atoms with Crippen molar-refractivity contribution in [2.24, 2.45) is 0 Å². The highest BCUT2D eigenvalue weighted by atomic mass is 19.1. The highest BCUT2D eigenvalue weighted by Gasteiger charge is 2.23. The largest absolute Gasteiger partial charge is 0.361 e. The molecule has 0 aliphatic carbocycles. The Bertz CT molecular complexity index is 611. The summed E-state index contributed by atoms with van der Waals surface area (Å²) in [5.74, 6) is 0.369. The van der Waals surface area contributed by atoms with Gasteiger partial charge in [0.25, 0.3) is 0 Å². The number of para-hydroxylation sites is 1. The molecule has 1 aliphatic rings. The van der Waals surface area contributed by atoms with Crippen LogP contribution in [0.2, 0.25) is 0 Å². The molecule has 0 fully saturated rings. The molecule has 0 saturated carbocycles. The fourth-order valence-corrected chi connectivity index (χ4v) is 2.07. The number of anilines is 1. The molecule has 6 heteroatoms. The van der Waals surface area contributed by atoms with Crippen LogP contribution in [0, 0.1) is 5.82 Å². The standard InChI is InChI=1S/C13H12FN3O2/c14-10-3-1-2-4-11(10)16-13(18)17-6-5-12-9(8-17)7-15-19-12/h1-4,7H,5-6,8H2,(H,16,18). The predicted molar refractivity (Wildman–Crippen MR) is 66.0 cm³/mol. The number of nitrogens with zero attached hydrogens (tertiary/aromatic N) is 2. The number of carbonyl (C=O) groups excluding carboxylic acids is 1. The molecular weight excluding hydrogens is 249 g/mol. The number of nitrogens with one attached hydrogen (secondary N) is 1. The quantitative estimate of drug-likeness (QED) is 0.857. The fourth-order valence-electron chi connectivity index (χ4n) is 2.07. The van der Waals surface area contributed by atoms with Crippen LogP contribution in [0.3, 0.4) is 0 Å². The Labute approximate surface area is 109 Å². The number of hydrogen-bond donors (Lipinski definition) is 1. The first kappa shape index (κ1) is 11.7. The molecule has 2 amide bonds. The first-order valence-corrected chi connectivity index (χ1v) is 5.97. The van der Waals surface area contributed by atoms with E-state index >= 15 is 0 Å². The summed E-state index contributed by atoms with van der Waals surface area (Å²) >= 11 is 0. The van der Waals surface area contributed by atoms with Gasteiger partial charge in [0.15, 0.2) is 0 Å². The van der Waals surface area contributed by atoms with Crippen molar-refractivity contribution in [1.82, 2.24) is 10.1 Å². The van der Waals surface area contributed by atoms with Crippen LogP contribution in [-0.2, 0) is 13.0 Å². The third-order valence-corrected chi connectivity index (χ3v) is 3.10. The Morgan fingerprint density at radius 3 is 3.11 bits per heavy atom. The van der Waals surface area contributed by atoms with Gasteiger partial charge in [-0.15, -0.1) is 0 Å². The summed E-state index contributed by atoms with van der Waals surface area (Å²) < 4.78 is 18.5. The van der Waals surface area contributed by atoms with Crippen LogP contribution in [0.1, 0.15) is 11.3 Å². The second kappa shape index (κ2) is 4.72. The molecule has 0 saturated heterocycles. The number of rotatable bonds is 1. The number of benzene rings is 1. The monoisotopic (exact) mass is 261 g/mol. The van der Waals surface area contributed by atoms with Gasteiger partial charge in [0.2, 0.25) is 0 Å². The molecule has 0 unspecified atom stereocenters. The summed E-state index contributed by atoms with van der Waals surface area (Å²) in [5, 5.41) is 6.27. The summed E-state index contributed by atoms with van der Waals surface area (Å²) in [4.78, 5) is 13.7. The average Bonchev–Trinajstić information content (AvgIpc) is 2.88. The Morgan fingerprint density at radius 1 is 1.42 bits per heavy atom. The van der Waals surface area contributed by atoms with Gasteiger partial charge in [0, 0.05) is 18.5 Å². The Balaban J connectivity index is 1.71. The summed E-state index contributed by atoms with van der Waals surface area (Å²) in [6, 6.07) is 5.77. The predicted octanol–water partition coefficient (Wildman–Crippen LogP) is 2.40. The molecule has 1 aliphatic heterocycles. The van der Waals surface area contributed by atoms with Crippen molar-refractivity contribution in [3.8, 4) is 0 Å². The molecular formula is C13H12FN3O2. The van der Waals surface area contributed by atoms with Crippen molar-refractivity contribution < 1.29 is 13.7 Å². The highest BCUT2D eigenvalue weighted by Crippen LogP contribution is 2.20. The highest BCUT2D eigenvalue weighted by molar-refractivity contribution is 5.89. The summed E-state index contributed by atoms with van der Waals surface area (Å²) in [6.45, 7) is 0.960. The lowest BCUT2D eigenvalue weighted by atomic mass is 10.1. The minimum absolute atomic E-state index is 0.184. The number of halogens is 1. The van der Waals surface area contributed by atoms with E-state index in [-0.39, 0.29) is 11.7 Å². The van der Waals surface area contributed by atoms with E-state index in [9.17, 15) is 9.18 Å². The van der Waals surface area contributed by atoms with Gasteiger partial charge < -0.3 is 14.7 Å². The van der Waals surface area contributed by atoms with Gasteiger partial charge in [-0.25, -0.2) is 9.18 Å². The van der Waals surface area contributed by atoms with E-state index in [1.807, 2.05) is 0 Å². The van der Waals surface area contributed by atoms with Crippen LogP contribution in [0.4, 0.5) is 14.9 Å². The van der Waals surface area contributed by atoms with Gasteiger partial charge in [-0.1, -0.05) is 17.3 Å². The maximum Gasteiger partial charge on any atom is 0.322 e. The molecule has 1 aromatic heterocycles. The molecule has 0 radical (unpaired) electrons. The van der Waals surface area contributed by atoms with Crippen molar-refractivity contribution in [2.75, 3.05) is 11.9 Å². The number of amides is 2. The van der Waals surface area contributed by atoms with E-state index in [1.54, 1.807) is 23.2 Å². The number of aromatic nitrogens is 1. The van der Waals surface area contributed by atoms with Crippen LogP contribution < -0.4 is 5.32 Å². The van der Waals surface area contributed by atoms with E-state index in [0.29, 0.717) is 19.5 Å². The molecule has 0 bridgehead atoms. The number of urea groups is 1. The SMILES string of the molecule is O=C(Nc1ccccc1F)N1CCc2oncc2C1. The van der Waals surface area contributed by atoms with Crippen LogP contribution in [0.25, 0.3) is 0 Å². The van der Waals surface area contributed by atoms with Crippen molar-refractivity contribution in [3.05, 3.63) is 47.6 Å². The molecule has 2 aromatic rings. The lowest BCUT2D eigenvalue weighted by Crippen LogP contribution is -2.38. The molecule has 5 nitrogen and oxygen atoms in total. The second-order valence-corrected chi connectivity index (χ2v) is 4.36. The molecule has 19 heavy (non-hydrogen) atoms. The first-order valence-electron chi connectivity index (χ1n) is 5.97. The smallest absolute Gasteiger partial charge is 0.322 e. The van der Waals surface area contributed by atoms with Crippen molar-refractivity contribution in [3.63, 3.8) is 0 Å². The Hall–Kier alpha value is -2.37. The number of hydrogen-bond acceptors (Lipinski definition) is 3. The maximum atomic E-state index is 13.4. The van der Waals surface area contributed by atoms with Crippen LogP contribution in [0.5, 0.6) is 0 Å². The van der Waals surface area contributed by atoms with Gasteiger partial charge in [-0.2, -0.15) is 0 Å². The minimum Gasteiger partial charge on any atom is -0.361 e. The van der Waals surface area contributed by atoms with Crippen LogP contribution in [0.15, 0.2) is 35.0 Å². The van der Waals surface area contributed by atoms with Crippen molar-refractivity contribution in [1.29, 1.82) is 0 Å². The summed E-state index contributed by atoms with van der Waals surface area (Å²) in [5.41, 5.74) is 1.08. The van der Waals surface area contributed by atoms with E-state index in [1.165, 1.54) is 12.1 Å². The van der Waals surface area contributed by atoms with Crippen LogP contribution >= 0.6 is 0 Å². The number of fused-ring (bicyclic) bond motifs is 1. The summed E-state index contributed by atoms with van der Waals surface area (Å²) in [6.07, 6.45) is 2.23. The molecule has 1 aromatic carbocycles. The molecule has 3 rings (SSSR count). The second-order valence-electron chi connectivity index (χ2n) is 4.36. The van der Waals surface area contributed by atoms with Crippen LogP contribution in [-0.4, -0.2) is 22.6 Å². The molecule has 0 atom stereocenters. The molecule has 98 valence electrons. The first-order chi connectivity index (χ1) is 9.24. The Kier molecular flexibility index (Phi) is 2.91. The van der Waals surface area contributed by atoms with Gasteiger partial charge >= 0.3 is 6.03 Å². The van der Waals surface area contributed by atoms with E-state index in [2.05, 4.69) is 10.5 Å². The summed E-state index contributed by atoms with van der Waals surface area (Å²) in [7, 11) is 0. The normalized spacial score (nSPS) is 14.1. The van der Waals surface area contributed by atoms with E-state index in [0.717, 1.165) is 11.3 Å². The van der Waals surface area contributed by atoms with Gasteiger partial charge in [-0.05, 0) is 12.1 Å². The van der Waals surface area contributed by atoms with Crippen molar-refractivity contribution in [2.45, 2.75) is 13.0 Å². The average molecular weight is 261 g/mol. The minimum atomic E-state index is -0.446. The molecule has 0 spiro atoms. The topological polar surface area (TPSA) is 58.4 Å². The third kappa shape index (κ3) is 2.29. The van der Waals surface area contributed by atoms with Gasteiger partial charge in [0.1, 0.15) is 11.6 Å². The van der Waals surface area contributed by atoms with Crippen molar-refractivity contribution >= 4 is 11.7 Å². The lowest BCUT2D eigenvalue weighted by Gasteiger charge is -2.25. The van der Waals surface area contributed by atoms with E-state index < -0.39 is 5.82 Å². The third-order valence-electron chi connectivity index (χ3n) is 3.10. The Morgan fingerprint density at radius 2 is 2.26 bits per heavy atom. The zero-order chi connectivity index (χ0) is 13.2. The maximum absolute atomic E-state index is 13.4. The zero-order valence-electron chi connectivity index (χ0n) is 10.1.